The van der Waals surface area contributed by atoms with E-state index in [0.29, 0.717) is 0 Å². The van der Waals surface area contributed by atoms with Crippen LogP contribution in [-0.4, -0.2) is 11.7 Å². The Morgan fingerprint density at radius 3 is 2.76 bits per heavy atom. The van der Waals surface area contributed by atoms with Gasteiger partial charge in [0.15, 0.2) is 0 Å². The van der Waals surface area contributed by atoms with Crippen LogP contribution in [0.5, 0.6) is 0 Å². The summed E-state index contributed by atoms with van der Waals surface area (Å²) in [6.07, 6.45) is 4.28. The number of nitrogens with one attached hydrogen (secondary N) is 1. The van der Waals surface area contributed by atoms with Gasteiger partial charge in [0.1, 0.15) is 0 Å². The number of hydrogen-bond acceptors (Lipinski definition) is 2. The molecule has 4 nitrogen and oxygen atoms in total. The lowest BCUT2D eigenvalue weighted by atomic mass is 9.82. The molecule has 1 saturated carbocycles. The molecular formula is C17H19N3O. The van der Waals surface area contributed by atoms with Crippen LogP contribution in [0.25, 0.3) is 10.8 Å². The highest BCUT2D eigenvalue weighted by Gasteiger charge is 2.22. The highest BCUT2D eigenvalue weighted by Crippen LogP contribution is 2.32. The van der Waals surface area contributed by atoms with Crippen LogP contribution in [0.2, 0.25) is 0 Å². The van der Waals surface area contributed by atoms with Crippen molar-refractivity contribution in [1.82, 2.24) is 5.43 Å². The fourth-order valence-electron chi connectivity index (χ4n) is 3.04. The zero-order chi connectivity index (χ0) is 14.7. The fourth-order valence-corrected chi connectivity index (χ4v) is 3.04. The van der Waals surface area contributed by atoms with Crippen LogP contribution in [0.3, 0.4) is 0 Å². The van der Waals surface area contributed by atoms with Crippen LogP contribution in [0.4, 0.5) is 4.79 Å². The third-order valence-electron chi connectivity index (χ3n) is 4.06. The highest BCUT2D eigenvalue weighted by atomic mass is 16.2. The summed E-state index contributed by atoms with van der Waals surface area (Å²) >= 11 is 0. The van der Waals surface area contributed by atoms with Crippen LogP contribution in [0.1, 0.15) is 37.2 Å². The fraction of sp³-hybridized carbons (Fsp3) is 0.294. The second-order valence-electron chi connectivity index (χ2n) is 5.48. The number of nitrogens with zero attached hydrogens (tertiary/aromatic N) is 1. The second-order valence-corrected chi connectivity index (χ2v) is 5.48. The average molecular weight is 281 g/mol. The Balaban J connectivity index is 1.94. The molecule has 2 amide bonds. The number of amides is 2. The van der Waals surface area contributed by atoms with Crippen LogP contribution >= 0.6 is 0 Å². The van der Waals surface area contributed by atoms with Crippen molar-refractivity contribution in [3.05, 3.63) is 48.0 Å². The second kappa shape index (κ2) is 5.95. The third kappa shape index (κ3) is 3.05. The molecule has 1 aliphatic rings. The SMILES string of the molecule is NC(=O)N/N=C1/CCCC[C@H]1c1ccc2ccccc2c1. The van der Waals surface area contributed by atoms with E-state index in [1.807, 2.05) is 6.07 Å². The summed E-state index contributed by atoms with van der Waals surface area (Å²) in [5.41, 5.74) is 9.78. The molecule has 21 heavy (non-hydrogen) atoms. The van der Waals surface area contributed by atoms with Crippen molar-refractivity contribution >= 4 is 22.5 Å². The molecule has 3 rings (SSSR count). The molecule has 1 atom stereocenters. The van der Waals surface area contributed by atoms with Crippen molar-refractivity contribution < 1.29 is 4.79 Å². The zero-order valence-electron chi connectivity index (χ0n) is 11.9. The summed E-state index contributed by atoms with van der Waals surface area (Å²) < 4.78 is 0. The Kier molecular flexibility index (Phi) is 3.86. The first-order valence-electron chi connectivity index (χ1n) is 7.34. The van der Waals surface area contributed by atoms with Crippen molar-refractivity contribution in [3.63, 3.8) is 0 Å². The molecule has 0 heterocycles. The molecule has 0 bridgehead atoms. The molecule has 1 aliphatic carbocycles. The minimum atomic E-state index is -0.606. The van der Waals surface area contributed by atoms with Crippen molar-refractivity contribution in [3.8, 4) is 0 Å². The molecular weight excluding hydrogens is 262 g/mol. The van der Waals surface area contributed by atoms with Gasteiger partial charge in [0.25, 0.3) is 0 Å². The summed E-state index contributed by atoms with van der Waals surface area (Å²) in [5.74, 6) is 0.273. The molecule has 0 spiro atoms. The number of nitrogens with two attached hydrogens (primary N) is 1. The number of hydrazone groups is 1. The van der Waals surface area contributed by atoms with Gasteiger partial charge in [0, 0.05) is 11.6 Å². The number of fused-ring (bicyclic) bond motifs is 1. The van der Waals surface area contributed by atoms with Gasteiger partial charge in [-0.1, -0.05) is 48.9 Å². The molecule has 0 aliphatic heterocycles. The van der Waals surface area contributed by atoms with E-state index in [1.54, 1.807) is 0 Å². The Bertz CT molecular complexity index is 693. The average Bonchev–Trinajstić information content (AvgIpc) is 2.52. The first-order chi connectivity index (χ1) is 10.2. The van der Waals surface area contributed by atoms with Gasteiger partial charge in [-0.2, -0.15) is 5.10 Å². The lowest BCUT2D eigenvalue weighted by Gasteiger charge is -2.24. The quantitative estimate of drug-likeness (QED) is 0.812. The summed E-state index contributed by atoms with van der Waals surface area (Å²) in [6, 6.07) is 14.3. The Morgan fingerprint density at radius 1 is 1.14 bits per heavy atom. The maximum Gasteiger partial charge on any atom is 0.332 e. The molecule has 3 N–H and O–H groups in total. The Labute approximate surface area is 124 Å². The van der Waals surface area contributed by atoms with Crippen molar-refractivity contribution in [2.24, 2.45) is 10.8 Å². The summed E-state index contributed by atoms with van der Waals surface area (Å²) in [5, 5.41) is 6.69. The van der Waals surface area contributed by atoms with E-state index in [1.165, 1.54) is 22.8 Å². The smallest absolute Gasteiger partial charge is 0.332 e. The standard InChI is InChI=1S/C17H19N3O/c18-17(21)20-19-16-8-4-3-7-15(16)14-10-9-12-5-1-2-6-13(12)11-14/h1-2,5-6,9-11,15H,3-4,7-8H2,(H3,18,20,21)/b19-16-/t15-/m0/s1. The van der Waals surface area contributed by atoms with Gasteiger partial charge in [-0.3, -0.25) is 0 Å². The molecule has 0 radical (unpaired) electrons. The zero-order valence-corrected chi connectivity index (χ0v) is 11.9. The van der Waals surface area contributed by atoms with Gasteiger partial charge in [-0.05, 0) is 35.6 Å². The summed E-state index contributed by atoms with van der Waals surface area (Å²) in [4.78, 5) is 10.9. The number of carbonyl (C=O) groups excluding carboxylic acids is 1. The largest absolute Gasteiger partial charge is 0.350 e. The van der Waals surface area contributed by atoms with Gasteiger partial charge in [0.05, 0.1) is 0 Å². The van der Waals surface area contributed by atoms with Crippen molar-refractivity contribution in [2.75, 3.05) is 0 Å². The van der Waals surface area contributed by atoms with E-state index in [2.05, 4.69) is 46.9 Å². The number of hydrogen-bond donors (Lipinski definition) is 2. The minimum Gasteiger partial charge on any atom is -0.350 e. The lowest BCUT2D eigenvalue weighted by molar-refractivity contribution is 0.249. The van der Waals surface area contributed by atoms with E-state index in [0.717, 1.165) is 25.0 Å². The number of carbonyl (C=O) groups is 1. The van der Waals surface area contributed by atoms with Crippen LogP contribution in [-0.2, 0) is 0 Å². The van der Waals surface area contributed by atoms with Crippen molar-refractivity contribution in [2.45, 2.75) is 31.6 Å². The first-order valence-corrected chi connectivity index (χ1v) is 7.34. The normalized spacial score (nSPS) is 20.6. The Hall–Kier alpha value is -2.36. The first kappa shape index (κ1) is 13.6. The van der Waals surface area contributed by atoms with Gasteiger partial charge >= 0.3 is 6.03 Å². The number of urea groups is 1. The molecule has 1 fully saturated rings. The van der Waals surface area contributed by atoms with Crippen molar-refractivity contribution in [1.29, 1.82) is 0 Å². The van der Waals surface area contributed by atoms with E-state index in [9.17, 15) is 4.79 Å². The van der Waals surface area contributed by atoms with Crippen LogP contribution in [0, 0.1) is 0 Å². The molecule has 0 aromatic heterocycles. The lowest BCUT2D eigenvalue weighted by Crippen LogP contribution is -2.28. The van der Waals surface area contributed by atoms with Gasteiger partial charge < -0.3 is 5.73 Å². The third-order valence-corrected chi connectivity index (χ3v) is 4.06. The van der Waals surface area contributed by atoms with E-state index < -0.39 is 6.03 Å². The molecule has 0 saturated heterocycles. The molecule has 108 valence electrons. The van der Waals surface area contributed by atoms with Gasteiger partial charge in [-0.15, -0.1) is 0 Å². The van der Waals surface area contributed by atoms with Gasteiger partial charge in [-0.25, -0.2) is 10.2 Å². The van der Waals surface area contributed by atoms with E-state index in [-0.39, 0.29) is 5.92 Å². The van der Waals surface area contributed by atoms with E-state index in [4.69, 9.17) is 5.73 Å². The van der Waals surface area contributed by atoms with Crippen LogP contribution < -0.4 is 11.2 Å². The molecule has 2 aromatic rings. The highest BCUT2D eigenvalue weighted by molar-refractivity contribution is 5.93. The molecule has 2 aromatic carbocycles. The minimum absolute atomic E-state index is 0.273. The van der Waals surface area contributed by atoms with Crippen LogP contribution in [0.15, 0.2) is 47.6 Å². The summed E-state index contributed by atoms with van der Waals surface area (Å²) in [6.45, 7) is 0. The maximum absolute atomic E-state index is 10.9. The molecule has 4 heteroatoms. The number of primary amides is 1. The summed E-state index contributed by atoms with van der Waals surface area (Å²) in [7, 11) is 0. The topological polar surface area (TPSA) is 67.5 Å². The predicted octanol–water partition coefficient (Wildman–Crippen LogP) is 3.52. The number of rotatable bonds is 2. The monoisotopic (exact) mass is 281 g/mol. The molecule has 0 unspecified atom stereocenters. The van der Waals surface area contributed by atoms with Gasteiger partial charge in [0.2, 0.25) is 0 Å². The Morgan fingerprint density at radius 2 is 1.95 bits per heavy atom. The predicted molar refractivity (Wildman–Crippen MR) is 85.3 cm³/mol. The number of benzene rings is 2. The van der Waals surface area contributed by atoms with E-state index >= 15 is 0 Å². The maximum atomic E-state index is 10.9.